The van der Waals surface area contributed by atoms with Crippen molar-refractivity contribution in [2.45, 2.75) is 12.2 Å². The Bertz CT molecular complexity index is 768. The number of hydrogen-bond acceptors (Lipinski definition) is 2. The van der Waals surface area contributed by atoms with Gasteiger partial charge in [0.15, 0.2) is 5.82 Å². The van der Waals surface area contributed by atoms with Crippen molar-refractivity contribution < 1.29 is 27.5 Å². The van der Waals surface area contributed by atoms with Gasteiger partial charge in [0, 0.05) is 0 Å². The molecular weight excluding hydrogens is 364 g/mol. The average Bonchev–Trinajstić information content (AvgIpc) is 2.56. The Balaban J connectivity index is 2.14. The molecule has 0 saturated heterocycles. The van der Waals surface area contributed by atoms with Crippen LogP contribution in [0.25, 0.3) is 0 Å². The molecule has 3 N–H and O–H groups in total. The Hall–Kier alpha value is -2.32. The Morgan fingerprint density at radius 3 is 2.52 bits per heavy atom. The molecular formula is C16H13ClF4N2O2. The smallest absolute Gasteiger partial charge is 0.394 e. The van der Waals surface area contributed by atoms with Crippen LogP contribution >= 0.6 is 11.6 Å². The second kappa shape index (κ2) is 7.71. The van der Waals surface area contributed by atoms with Gasteiger partial charge in [-0.2, -0.15) is 13.2 Å². The second-order valence-electron chi connectivity index (χ2n) is 5.06. The Morgan fingerprint density at radius 2 is 1.88 bits per heavy atom. The highest BCUT2D eigenvalue weighted by Crippen LogP contribution is 2.30. The van der Waals surface area contributed by atoms with E-state index in [0.29, 0.717) is 0 Å². The average molecular weight is 377 g/mol. The van der Waals surface area contributed by atoms with E-state index in [0.717, 1.165) is 18.2 Å². The summed E-state index contributed by atoms with van der Waals surface area (Å²) in [5.74, 6) is -0.848. The number of aliphatic hydroxyl groups excluding tert-OH is 1. The lowest BCUT2D eigenvalue weighted by atomic mass is 10.0. The van der Waals surface area contributed by atoms with Crippen LogP contribution in [-0.4, -0.2) is 17.7 Å². The van der Waals surface area contributed by atoms with Crippen molar-refractivity contribution in [1.82, 2.24) is 5.32 Å². The third-order valence-electron chi connectivity index (χ3n) is 3.30. The highest BCUT2D eigenvalue weighted by Gasteiger charge is 2.31. The predicted octanol–water partition coefficient (Wildman–Crippen LogP) is 4.35. The first kappa shape index (κ1) is 19.0. The summed E-state index contributed by atoms with van der Waals surface area (Å²) in [5.41, 5.74) is -1.06. The Morgan fingerprint density at radius 1 is 1.20 bits per heavy atom. The van der Waals surface area contributed by atoms with Crippen molar-refractivity contribution in [3.8, 4) is 0 Å². The first-order valence-electron chi connectivity index (χ1n) is 7.02. The van der Waals surface area contributed by atoms with Gasteiger partial charge in [0.05, 0.1) is 28.9 Å². The number of benzene rings is 2. The maximum atomic E-state index is 13.7. The monoisotopic (exact) mass is 376 g/mol. The fraction of sp³-hybridized carbons (Fsp3) is 0.188. The van der Waals surface area contributed by atoms with E-state index in [1.165, 1.54) is 24.3 Å². The summed E-state index contributed by atoms with van der Waals surface area (Å²) in [4.78, 5) is 11.9. The molecule has 4 nitrogen and oxygen atoms in total. The van der Waals surface area contributed by atoms with Crippen LogP contribution in [0, 0.1) is 5.82 Å². The summed E-state index contributed by atoms with van der Waals surface area (Å²) >= 11 is 5.59. The number of carbonyl (C=O) groups excluding carboxylic acids is 1. The maximum absolute atomic E-state index is 13.7. The number of rotatable bonds is 4. The molecule has 1 unspecified atom stereocenters. The minimum atomic E-state index is -4.55. The predicted molar refractivity (Wildman–Crippen MR) is 84.8 cm³/mol. The molecule has 0 spiro atoms. The number of carbonyl (C=O) groups is 1. The number of hydrogen-bond donors (Lipinski definition) is 3. The van der Waals surface area contributed by atoms with Crippen LogP contribution in [0.3, 0.4) is 0 Å². The van der Waals surface area contributed by atoms with Crippen molar-refractivity contribution in [2.75, 3.05) is 11.9 Å². The standard InChI is InChI=1S/C16H13ClF4N2O2/c17-11-5-2-6-12(14(11)18)22-15(25)23-13(8-24)9-3-1-4-10(7-9)16(19,20)21/h1-7,13,24H,8H2,(H2,22,23,25). The van der Waals surface area contributed by atoms with Crippen LogP contribution in [0.4, 0.5) is 28.0 Å². The van der Waals surface area contributed by atoms with E-state index in [1.807, 2.05) is 0 Å². The normalized spacial score (nSPS) is 12.6. The van der Waals surface area contributed by atoms with Crippen LogP contribution < -0.4 is 10.6 Å². The van der Waals surface area contributed by atoms with Gasteiger partial charge in [-0.25, -0.2) is 9.18 Å². The summed E-state index contributed by atoms with van der Waals surface area (Å²) in [7, 11) is 0. The number of amides is 2. The van der Waals surface area contributed by atoms with Gasteiger partial charge in [-0.15, -0.1) is 0 Å². The van der Waals surface area contributed by atoms with Gasteiger partial charge in [0.1, 0.15) is 0 Å². The minimum absolute atomic E-state index is 0.0547. The third kappa shape index (κ3) is 4.83. The minimum Gasteiger partial charge on any atom is -0.394 e. The molecule has 2 rings (SSSR count). The molecule has 0 fully saturated rings. The number of aliphatic hydroxyl groups is 1. The summed E-state index contributed by atoms with van der Waals surface area (Å²) in [6, 6.07) is 6.14. The first-order chi connectivity index (χ1) is 11.7. The van der Waals surface area contributed by atoms with Gasteiger partial charge < -0.3 is 15.7 Å². The topological polar surface area (TPSA) is 61.4 Å². The van der Waals surface area contributed by atoms with Crippen LogP contribution in [0.15, 0.2) is 42.5 Å². The van der Waals surface area contributed by atoms with E-state index in [1.54, 1.807) is 0 Å². The summed E-state index contributed by atoms with van der Waals surface area (Å²) in [6.07, 6.45) is -4.55. The molecule has 2 amide bonds. The second-order valence-corrected chi connectivity index (χ2v) is 5.47. The molecule has 0 bridgehead atoms. The van der Waals surface area contributed by atoms with Crippen molar-refractivity contribution in [2.24, 2.45) is 0 Å². The molecule has 0 aliphatic heterocycles. The number of alkyl halides is 3. The van der Waals surface area contributed by atoms with E-state index >= 15 is 0 Å². The van der Waals surface area contributed by atoms with Gasteiger partial charge in [-0.05, 0) is 29.8 Å². The van der Waals surface area contributed by atoms with Crippen LogP contribution in [0.2, 0.25) is 5.02 Å². The molecule has 0 saturated carbocycles. The zero-order valence-electron chi connectivity index (χ0n) is 12.6. The van der Waals surface area contributed by atoms with Gasteiger partial charge in [-0.3, -0.25) is 0 Å². The van der Waals surface area contributed by atoms with Crippen LogP contribution in [0.5, 0.6) is 0 Å². The molecule has 0 aliphatic carbocycles. The maximum Gasteiger partial charge on any atom is 0.416 e. The van der Waals surface area contributed by atoms with Crippen LogP contribution in [-0.2, 0) is 6.18 Å². The lowest BCUT2D eigenvalue weighted by molar-refractivity contribution is -0.137. The molecule has 25 heavy (non-hydrogen) atoms. The molecule has 0 heterocycles. The molecule has 9 heteroatoms. The van der Waals surface area contributed by atoms with Crippen molar-refractivity contribution >= 4 is 23.3 Å². The van der Waals surface area contributed by atoms with Crippen molar-refractivity contribution in [3.05, 3.63) is 64.4 Å². The quantitative estimate of drug-likeness (QED) is 0.695. The van der Waals surface area contributed by atoms with Gasteiger partial charge in [0.2, 0.25) is 0 Å². The highest BCUT2D eigenvalue weighted by molar-refractivity contribution is 6.31. The molecule has 134 valence electrons. The van der Waals surface area contributed by atoms with Crippen molar-refractivity contribution in [3.63, 3.8) is 0 Å². The van der Waals surface area contributed by atoms with Gasteiger partial charge >= 0.3 is 12.2 Å². The highest BCUT2D eigenvalue weighted by atomic mass is 35.5. The molecule has 0 radical (unpaired) electrons. The molecule has 0 aliphatic rings. The Labute approximate surface area is 145 Å². The number of anilines is 1. The lowest BCUT2D eigenvalue weighted by Gasteiger charge is -2.19. The zero-order chi connectivity index (χ0) is 18.6. The number of urea groups is 1. The van der Waals surface area contributed by atoms with E-state index in [9.17, 15) is 27.5 Å². The number of halogens is 5. The summed E-state index contributed by atoms with van der Waals surface area (Å²) in [6.45, 7) is -0.646. The fourth-order valence-corrected chi connectivity index (χ4v) is 2.26. The molecule has 2 aromatic carbocycles. The fourth-order valence-electron chi connectivity index (χ4n) is 2.08. The van der Waals surface area contributed by atoms with E-state index in [2.05, 4.69) is 10.6 Å². The number of nitrogens with one attached hydrogen (secondary N) is 2. The van der Waals surface area contributed by atoms with Gasteiger partial charge in [-0.1, -0.05) is 29.8 Å². The summed E-state index contributed by atoms with van der Waals surface area (Å²) < 4.78 is 52.0. The third-order valence-corrected chi connectivity index (χ3v) is 3.60. The van der Waals surface area contributed by atoms with E-state index < -0.39 is 36.2 Å². The first-order valence-corrected chi connectivity index (χ1v) is 7.39. The Kier molecular flexibility index (Phi) is 5.86. The zero-order valence-corrected chi connectivity index (χ0v) is 13.3. The molecule has 0 aromatic heterocycles. The van der Waals surface area contributed by atoms with E-state index in [-0.39, 0.29) is 16.3 Å². The van der Waals surface area contributed by atoms with E-state index in [4.69, 9.17) is 11.6 Å². The summed E-state index contributed by atoms with van der Waals surface area (Å²) in [5, 5.41) is 13.6. The molecule has 2 aromatic rings. The largest absolute Gasteiger partial charge is 0.416 e. The van der Waals surface area contributed by atoms with Crippen molar-refractivity contribution in [1.29, 1.82) is 0 Å². The molecule has 1 atom stereocenters. The van der Waals surface area contributed by atoms with Gasteiger partial charge in [0.25, 0.3) is 0 Å². The lowest BCUT2D eigenvalue weighted by Crippen LogP contribution is -2.34. The van der Waals surface area contributed by atoms with Crippen LogP contribution in [0.1, 0.15) is 17.2 Å². The SMILES string of the molecule is O=C(Nc1cccc(Cl)c1F)NC(CO)c1cccc(C(F)(F)F)c1.